The number of hydrogen-bond donors (Lipinski definition) is 2. The van der Waals surface area contributed by atoms with Crippen LogP contribution in [0.4, 0.5) is 4.39 Å². The van der Waals surface area contributed by atoms with Crippen molar-refractivity contribution < 1.29 is 9.18 Å². The van der Waals surface area contributed by atoms with E-state index in [1.54, 1.807) is 6.07 Å². The van der Waals surface area contributed by atoms with E-state index < -0.39 is 0 Å². The summed E-state index contributed by atoms with van der Waals surface area (Å²) in [5, 5.41) is 12.8. The number of hydrogen-bond acceptors (Lipinski definition) is 5. The average molecular weight is 412 g/mol. The first kappa shape index (κ1) is 17.6. The number of rotatable bonds is 4. The van der Waals surface area contributed by atoms with Crippen LogP contribution in [-0.4, -0.2) is 37.4 Å². The van der Waals surface area contributed by atoms with Crippen molar-refractivity contribution in [2.24, 2.45) is 17.8 Å². The zero-order valence-corrected chi connectivity index (χ0v) is 16.8. The maximum absolute atomic E-state index is 13.5. The third kappa shape index (κ3) is 3.08. The Hall–Kier alpha value is -2.22. The Morgan fingerprint density at radius 2 is 1.90 bits per heavy atom. The molecule has 2 heterocycles. The summed E-state index contributed by atoms with van der Waals surface area (Å²) in [5.41, 5.74) is 1.90. The number of thioether (sulfide) groups is 1. The largest absolute Gasteiger partial charge is 0.350 e. The summed E-state index contributed by atoms with van der Waals surface area (Å²) in [6.07, 6.45) is 7.51. The van der Waals surface area contributed by atoms with Crippen LogP contribution in [0.25, 0.3) is 22.1 Å². The van der Waals surface area contributed by atoms with Gasteiger partial charge in [-0.1, -0.05) is 11.8 Å². The number of carbonyl (C=O) groups excluding carboxylic acids is 1. The van der Waals surface area contributed by atoms with Crippen molar-refractivity contribution in [3.05, 3.63) is 24.0 Å². The van der Waals surface area contributed by atoms with E-state index in [0.29, 0.717) is 21.7 Å². The Labute approximate surface area is 171 Å². The number of aromatic amines is 1. The van der Waals surface area contributed by atoms with Crippen molar-refractivity contribution in [1.82, 2.24) is 25.5 Å². The molecule has 0 spiro atoms. The standard InChI is InChI=1S/C21H22FN5OS/c22-14-1-2-16-15(6-14)18-19(23-16)24-20(27-26-18)29-10-17(28)25-21-7-11-3-12(8-21)5-13(4-11)9-21/h1-2,6,11-13H,3-5,7-10H2,(H,25,28)(H,23,24,27). The summed E-state index contributed by atoms with van der Waals surface area (Å²) in [6.45, 7) is 0. The lowest BCUT2D eigenvalue weighted by atomic mass is 9.53. The van der Waals surface area contributed by atoms with Crippen LogP contribution < -0.4 is 5.32 Å². The van der Waals surface area contributed by atoms with Crippen LogP contribution in [-0.2, 0) is 4.79 Å². The van der Waals surface area contributed by atoms with Crippen LogP contribution >= 0.6 is 11.8 Å². The van der Waals surface area contributed by atoms with Gasteiger partial charge in [0, 0.05) is 16.4 Å². The van der Waals surface area contributed by atoms with Crippen LogP contribution in [0.1, 0.15) is 38.5 Å². The molecular formula is C21H22FN5OS. The molecule has 0 radical (unpaired) electrons. The van der Waals surface area contributed by atoms with Crippen molar-refractivity contribution in [3.8, 4) is 0 Å². The van der Waals surface area contributed by atoms with E-state index in [9.17, 15) is 9.18 Å². The molecule has 0 saturated heterocycles. The first-order valence-electron chi connectivity index (χ1n) is 10.3. The third-order valence-electron chi connectivity index (χ3n) is 6.93. The molecule has 2 N–H and O–H groups in total. The molecule has 4 aliphatic carbocycles. The highest BCUT2D eigenvalue weighted by Crippen LogP contribution is 2.55. The summed E-state index contributed by atoms with van der Waals surface area (Å²) in [4.78, 5) is 20.3. The minimum atomic E-state index is -0.319. The van der Waals surface area contributed by atoms with E-state index in [2.05, 4.69) is 25.5 Å². The molecule has 4 aliphatic rings. The summed E-state index contributed by atoms with van der Waals surface area (Å²) < 4.78 is 13.5. The van der Waals surface area contributed by atoms with Crippen LogP contribution in [0.2, 0.25) is 0 Å². The minimum absolute atomic E-state index is 0.0245. The highest BCUT2D eigenvalue weighted by Gasteiger charge is 2.51. The molecule has 3 aromatic rings. The number of carbonyl (C=O) groups is 1. The fraction of sp³-hybridized carbons (Fsp3) is 0.524. The topological polar surface area (TPSA) is 83.6 Å². The molecule has 4 fully saturated rings. The molecule has 29 heavy (non-hydrogen) atoms. The molecule has 0 aliphatic heterocycles. The highest BCUT2D eigenvalue weighted by atomic mass is 32.2. The molecule has 7 rings (SSSR count). The van der Waals surface area contributed by atoms with Crippen molar-refractivity contribution in [1.29, 1.82) is 0 Å². The summed E-state index contributed by atoms with van der Waals surface area (Å²) in [7, 11) is 0. The molecule has 1 aromatic carbocycles. The molecular weight excluding hydrogens is 389 g/mol. The van der Waals surface area contributed by atoms with E-state index in [4.69, 9.17) is 0 Å². The average Bonchev–Trinajstić information content (AvgIpc) is 3.02. The van der Waals surface area contributed by atoms with Gasteiger partial charge >= 0.3 is 0 Å². The highest BCUT2D eigenvalue weighted by molar-refractivity contribution is 7.99. The van der Waals surface area contributed by atoms with Gasteiger partial charge in [0.1, 0.15) is 11.3 Å². The summed E-state index contributed by atoms with van der Waals surface area (Å²) in [5.74, 6) is 2.42. The monoisotopic (exact) mass is 411 g/mol. The number of aromatic nitrogens is 4. The summed E-state index contributed by atoms with van der Waals surface area (Å²) in [6, 6.07) is 4.49. The van der Waals surface area contributed by atoms with Gasteiger partial charge in [0.25, 0.3) is 0 Å². The van der Waals surface area contributed by atoms with E-state index >= 15 is 0 Å². The van der Waals surface area contributed by atoms with Gasteiger partial charge in [-0.3, -0.25) is 4.79 Å². The van der Waals surface area contributed by atoms with Crippen LogP contribution in [0.5, 0.6) is 0 Å². The molecule has 8 heteroatoms. The molecule has 0 unspecified atom stereocenters. The van der Waals surface area contributed by atoms with Gasteiger partial charge in [-0.25, -0.2) is 9.37 Å². The van der Waals surface area contributed by atoms with Gasteiger partial charge in [-0.05, 0) is 74.5 Å². The van der Waals surface area contributed by atoms with Gasteiger partial charge in [0.15, 0.2) is 5.65 Å². The Morgan fingerprint density at radius 3 is 2.62 bits per heavy atom. The summed E-state index contributed by atoms with van der Waals surface area (Å²) >= 11 is 1.29. The molecule has 4 saturated carbocycles. The Bertz CT molecular complexity index is 1090. The van der Waals surface area contributed by atoms with Crippen LogP contribution in [0, 0.1) is 23.6 Å². The molecule has 0 atom stereocenters. The Kier molecular flexibility index (Phi) is 3.88. The lowest BCUT2D eigenvalue weighted by Gasteiger charge is -2.56. The Morgan fingerprint density at radius 1 is 1.17 bits per heavy atom. The predicted octanol–water partition coefficient (Wildman–Crippen LogP) is 3.82. The maximum Gasteiger partial charge on any atom is 0.230 e. The zero-order chi connectivity index (χ0) is 19.6. The van der Waals surface area contributed by atoms with Gasteiger partial charge in [0.05, 0.1) is 5.75 Å². The number of H-pyrrole nitrogens is 1. The first-order chi connectivity index (χ1) is 14.1. The van der Waals surface area contributed by atoms with Gasteiger partial charge in [0.2, 0.25) is 11.1 Å². The number of nitrogens with zero attached hydrogens (tertiary/aromatic N) is 3. The molecule has 4 bridgehead atoms. The quantitative estimate of drug-likeness (QED) is 0.638. The number of nitrogens with one attached hydrogen (secondary N) is 2. The van der Waals surface area contributed by atoms with Crippen molar-refractivity contribution in [2.75, 3.05) is 5.75 Å². The normalized spacial score (nSPS) is 30.3. The number of benzene rings is 1. The third-order valence-corrected chi connectivity index (χ3v) is 7.77. The predicted molar refractivity (Wildman–Crippen MR) is 109 cm³/mol. The van der Waals surface area contributed by atoms with Gasteiger partial charge < -0.3 is 10.3 Å². The van der Waals surface area contributed by atoms with Crippen molar-refractivity contribution in [2.45, 2.75) is 49.2 Å². The fourth-order valence-corrected chi connectivity index (χ4v) is 6.90. The Balaban J connectivity index is 1.15. The second-order valence-corrected chi connectivity index (χ2v) is 10.1. The minimum Gasteiger partial charge on any atom is -0.350 e. The zero-order valence-electron chi connectivity index (χ0n) is 15.9. The van der Waals surface area contributed by atoms with E-state index in [1.165, 1.54) is 43.2 Å². The molecule has 1 amide bonds. The van der Waals surface area contributed by atoms with Crippen LogP contribution in [0.15, 0.2) is 23.4 Å². The number of amides is 1. The SMILES string of the molecule is O=C(CSc1nnc2c(n1)[nH]c1ccc(F)cc12)NC12CC3CC(CC(C3)C1)C2. The number of fused-ring (bicyclic) bond motifs is 3. The van der Waals surface area contributed by atoms with E-state index in [-0.39, 0.29) is 23.0 Å². The lowest BCUT2D eigenvalue weighted by molar-refractivity contribution is -0.124. The second-order valence-electron chi connectivity index (χ2n) is 9.14. The number of halogens is 1. The van der Waals surface area contributed by atoms with Crippen LogP contribution in [0.3, 0.4) is 0 Å². The fourth-order valence-electron chi connectivity index (χ4n) is 6.32. The molecule has 6 nitrogen and oxygen atoms in total. The lowest BCUT2D eigenvalue weighted by Crippen LogP contribution is -2.60. The van der Waals surface area contributed by atoms with E-state index in [0.717, 1.165) is 42.5 Å². The van der Waals surface area contributed by atoms with Crippen molar-refractivity contribution in [3.63, 3.8) is 0 Å². The first-order valence-corrected chi connectivity index (χ1v) is 11.3. The maximum atomic E-state index is 13.5. The van der Waals surface area contributed by atoms with Gasteiger partial charge in [-0.15, -0.1) is 10.2 Å². The smallest absolute Gasteiger partial charge is 0.230 e. The molecule has 2 aromatic heterocycles. The van der Waals surface area contributed by atoms with E-state index in [1.807, 2.05) is 0 Å². The van der Waals surface area contributed by atoms with Gasteiger partial charge in [-0.2, -0.15) is 0 Å². The van der Waals surface area contributed by atoms with Crippen molar-refractivity contribution >= 4 is 39.7 Å². The second kappa shape index (κ2) is 6.39. The molecule has 150 valence electrons.